The summed E-state index contributed by atoms with van der Waals surface area (Å²) in [6, 6.07) is 25.9. The van der Waals surface area contributed by atoms with Crippen LogP contribution in [0.5, 0.6) is 0 Å². The number of pyridine rings is 2. The quantitative estimate of drug-likeness (QED) is 0.0795. The monoisotopic (exact) mass is 754 g/mol. The molecule has 0 aliphatic carbocycles. The van der Waals surface area contributed by atoms with E-state index >= 15 is 0 Å². The molecular formula is C46H62N6Si2. The molecule has 2 aromatic carbocycles. The molecule has 0 aliphatic rings. The summed E-state index contributed by atoms with van der Waals surface area (Å²) in [4.78, 5) is 9.83. The van der Waals surface area contributed by atoms with Crippen LogP contribution in [0.25, 0.3) is 23.0 Å². The highest BCUT2D eigenvalue weighted by atomic mass is 28.3. The van der Waals surface area contributed by atoms with E-state index < -0.39 is 16.1 Å². The molecule has 0 spiro atoms. The Morgan fingerprint density at radius 1 is 0.463 bits per heavy atom. The van der Waals surface area contributed by atoms with Crippen molar-refractivity contribution in [1.29, 1.82) is 0 Å². The lowest BCUT2D eigenvalue weighted by Gasteiger charge is -2.19. The van der Waals surface area contributed by atoms with Crippen molar-refractivity contribution < 1.29 is 9.13 Å². The maximum atomic E-state index is 4.92. The SMILES string of the molecule is CC(C)c1cccc(C(C)C)c1-[n+]1[c-]n(-c2cccc([Si](C)(C)C)n2)cc1.CC(C)c1cccc(C(C)C)c1-[n+]1[c-]n(-c2cccc([Si](C)(C)C)n2)cc1. The van der Waals surface area contributed by atoms with Crippen molar-refractivity contribution >= 4 is 26.8 Å². The lowest BCUT2D eigenvalue weighted by molar-refractivity contribution is -0.600. The predicted molar refractivity (Wildman–Crippen MR) is 230 cm³/mol. The molecule has 0 radical (unpaired) electrons. The molecule has 284 valence electrons. The summed E-state index contributed by atoms with van der Waals surface area (Å²) < 4.78 is 8.27. The van der Waals surface area contributed by atoms with Crippen LogP contribution >= 0.6 is 0 Å². The van der Waals surface area contributed by atoms with Crippen molar-refractivity contribution in [3.05, 3.63) is 132 Å². The van der Waals surface area contributed by atoms with E-state index in [1.54, 1.807) is 0 Å². The molecule has 0 aliphatic heterocycles. The molecule has 6 rings (SSSR count). The van der Waals surface area contributed by atoms with Crippen molar-refractivity contribution in [2.24, 2.45) is 0 Å². The highest BCUT2D eigenvalue weighted by molar-refractivity contribution is 6.88. The van der Waals surface area contributed by atoms with Crippen LogP contribution in [0.4, 0.5) is 0 Å². The number of nitrogens with zero attached hydrogens (tertiary/aromatic N) is 6. The van der Waals surface area contributed by atoms with Crippen LogP contribution in [0.3, 0.4) is 0 Å². The van der Waals surface area contributed by atoms with Gasteiger partial charge in [0.2, 0.25) is 0 Å². The van der Waals surface area contributed by atoms with E-state index in [2.05, 4.69) is 214 Å². The van der Waals surface area contributed by atoms with Crippen LogP contribution in [0.15, 0.2) is 97.6 Å². The first-order chi connectivity index (χ1) is 25.4. The molecule has 4 heterocycles. The minimum Gasteiger partial charge on any atom is -0.298 e. The number of hydrogen-bond acceptors (Lipinski definition) is 2. The normalized spacial score (nSPS) is 12.2. The van der Waals surface area contributed by atoms with Gasteiger partial charge in [-0.2, -0.15) is 0 Å². The lowest BCUT2D eigenvalue weighted by atomic mass is 9.92. The van der Waals surface area contributed by atoms with Crippen LogP contribution in [0, 0.1) is 12.7 Å². The number of benzene rings is 2. The van der Waals surface area contributed by atoms with Gasteiger partial charge < -0.3 is 0 Å². The van der Waals surface area contributed by atoms with E-state index in [0.717, 1.165) is 11.6 Å². The van der Waals surface area contributed by atoms with E-state index in [1.807, 2.05) is 9.13 Å². The zero-order chi connectivity index (χ0) is 39.5. The van der Waals surface area contributed by atoms with Crippen molar-refractivity contribution in [2.75, 3.05) is 0 Å². The number of aromatic nitrogens is 6. The van der Waals surface area contributed by atoms with Gasteiger partial charge in [0.15, 0.2) is 11.6 Å². The number of imidazole rings is 2. The molecular weight excluding hydrogens is 693 g/mol. The Morgan fingerprint density at radius 2 is 0.759 bits per heavy atom. The van der Waals surface area contributed by atoms with Crippen LogP contribution in [0.2, 0.25) is 39.3 Å². The number of para-hydroxylation sites is 2. The summed E-state index contributed by atoms with van der Waals surface area (Å²) in [6.45, 7) is 32.0. The Balaban J connectivity index is 0.000000208. The number of hydrogen-bond donors (Lipinski definition) is 0. The molecule has 0 bridgehead atoms. The molecule has 6 nitrogen and oxygen atoms in total. The van der Waals surface area contributed by atoms with Gasteiger partial charge in [0, 0.05) is 35.4 Å². The Labute approximate surface area is 327 Å². The van der Waals surface area contributed by atoms with E-state index in [0.29, 0.717) is 23.7 Å². The highest BCUT2D eigenvalue weighted by Crippen LogP contribution is 2.29. The Kier molecular flexibility index (Phi) is 12.5. The Morgan fingerprint density at radius 3 is 1.04 bits per heavy atom. The third-order valence-corrected chi connectivity index (χ3v) is 13.5. The Bertz CT molecular complexity index is 1970. The third-order valence-electron chi connectivity index (χ3n) is 9.83. The molecule has 6 aromatic rings. The molecule has 4 aromatic heterocycles. The van der Waals surface area contributed by atoms with Crippen LogP contribution < -0.4 is 19.8 Å². The van der Waals surface area contributed by atoms with Gasteiger partial charge in [0.05, 0.1) is 11.4 Å². The maximum Gasteiger partial charge on any atom is 0.270 e. The molecule has 0 saturated carbocycles. The van der Waals surface area contributed by atoms with Gasteiger partial charge in [-0.3, -0.25) is 28.2 Å². The summed E-state index contributed by atoms with van der Waals surface area (Å²) in [5.74, 6) is 3.68. The van der Waals surface area contributed by atoms with Gasteiger partial charge in [0.25, 0.3) is 12.7 Å². The molecule has 0 N–H and O–H groups in total. The molecule has 0 saturated heterocycles. The maximum absolute atomic E-state index is 4.92. The highest BCUT2D eigenvalue weighted by Gasteiger charge is 2.21. The second-order valence-corrected chi connectivity index (χ2v) is 27.8. The summed E-state index contributed by atoms with van der Waals surface area (Å²) in [5, 5.41) is 2.44. The van der Waals surface area contributed by atoms with Gasteiger partial charge in [-0.25, -0.2) is 0 Å². The minimum absolute atomic E-state index is 0.455. The zero-order valence-corrected chi connectivity index (χ0v) is 37.2. The van der Waals surface area contributed by atoms with Crippen molar-refractivity contribution in [3.63, 3.8) is 0 Å². The largest absolute Gasteiger partial charge is 0.298 e. The van der Waals surface area contributed by atoms with Gasteiger partial charge in [-0.05, 0) is 70.2 Å². The van der Waals surface area contributed by atoms with E-state index in [1.165, 1.54) is 44.3 Å². The average Bonchev–Trinajstić information content (AvgIpc) is 3.82. The lowest BCUT2D eigenvalue weighted by Crippen LogP contribution is -2.40. The zero-order valence-electron chi connectivity index (χ0n) is 35.2. The van der Waals surface area contributed by atoms with Gasteiger partial charge in [-0.1, -0.05) is 143 Å². The van der Waals surface area contributed by atoms with Crippen LogP contribution in [-0.2, 0) is 0 Å². The molecule has 54 heavy (non-hydrogen) atoms. The summed E-state index contributed by atoms with van der Waals surface area (Å²) >= 11 is 0. The van der Waals surface area contributed by atoms with Crippen molar-refractivity contribution in [2.45, 2.75) is 118 Å². The molecule has 0 atom stereocenters. The first-order valence-corrected chi connectivity index (χ1v) is 26.6. The molecule has 0 amide bonds. The van der Waals surface area contributed by atoms with Crippen molar-refractivity contribution in [1.82, 2.24) is 19.1 Å². The summed E-state index contributed by atoms with van der Waals surface area (Å²) in [7, 11) is -2.90. The summed E-state index contributed by atoms with van der Waals surface area (Å²) in [6.07, 6.45) is 15.3. The second kappa shape index (κ2) is 16.5. The molecule has 0 unspecified atom stereocenters. The third kappa shape index (κ3) is 9.27. The summed E-state index contributed by atoms with van der Waals surface area (Å²) in [5.41, 5.74) is 7.91. The fourth-order valence-electron chi connectivity index (χ4n) is 6.67. The predicted octanol–water partition coefficient (Wildman–Crippen LogP) is 9.48. The van der Waals surface area contributed by atoms with Crippen LogP contribution in [0.1, 0.15) is 101 Å². The second-order valence-electron chi connectivity index (χ2n) is 17.7. The number of rotatable bonds is 10. The van der Waals surface area contributed by atoms with E-state index in [-0.39, 0.29) is 0 Å². The van der Waals surface area contributed by atoms with Gasteiger partial charge in [-0.15, -0.1) is 0 Å². The van der Waals surface area contributed by atoms with Gasteiger partial charge in [0.1, 0.15) is 16.1 Å². The standard InChI is InChI=1S/2C23H31N3Si/c2*1-17(2)19-10-8-11-20(18(3)4)23(19)26-15-14-25(16-26)21-12-9-13-22(24-21)27(5,6)7/h2*8-15,17-18H,1-7H3. The first kappa shape index (κ1) is 40.8. The smallest absolute Gasteiger partial charge is 0.270 e. The van der Waals surface area contributed by atoms with Crippen LogP contribution in [-0.4, -0.2) is 35.2 Å². The molecule has 0 fully saturated rings. The first-order valence-electron chi connectivity index (χ1n) is 19.6. The topological polar surface area (TPSA) is 43.4 Å². The van der Waals surface area contributed by atoms with Gasteiger partial charge >= 0.3 is 0 Å². The molecule has 8 heteroatoms. The van der Waals surface area contributed by atoms with E-state index in [9.17, 15) is 0 Å². The van der Waals surface area contributed by atoms with E-state index in [4.69, 9.17) is 9.97 Å². The van der Waals surface area contributed by atoms with Crippen molar-refractivity contribution in [3.8, 4) is 23.0 Å². The average molecular weight is 755 g/mol. The minimum atomic E-state index is -1.45. The fraction of sp³-hybridized carbons (Fsp3) is 0.391. The Hall–Kier alpha value is -4.41. The fourth-order valence-corrected chi connectivity index (χ4v) is 8.76.